The topological polar surface area (TPSA) is 27.7 Å². The molecule has 18 rings (SSSR count). The molecule has 0 amide bonds. The molecule has 0 aliphatic heterocycles. The molecule has 18 aromatic rings. The summed E-state index contributed by atoms with van der Waals surface area (Å²) in [6.45, 7) is 44.4. The van der Waals surface area contributed by atoms with E-state index in [1.165, 1.54) is 122 Å². The van der Waals surface area contributed by atoms with Crippen LogP contribution in [0.2, 0.25) is 0 Å². The average molecular weight is 1990 g/mol. The first-order valence-electron chi connectivity index (χ1n) is 49.7. The lowest BCUT2D eigenvalue weighted by Gasteiger charge is -2.20. The second-order valence-corrected chi connectivity index (χ2v) is 51.9. The second-order valence-electron chi connectivity index (χ2n) is 40.6. The van der Waals surface area contributed by atoms with Gasteiger partial charge in [0.15, 0.2) is 73.4 Å². The van der Waals surface area contributed by atoms with Crippen LogP contribution in [0, 0.1) is 6.92 Å². The van der Waals surface area contributed by atoms with Gasteiger partial charge in [-0.15, -0.1) is 0 Å². The fraction of sp³-hybridized carbons (Fsp3) is 0.194. The average Bonchev–Trinajstić information content (AvgIpc) is 0.831. The molecule has 0 heterocycles. The first-order chi connectivity index (χ1) is 68.8. The Morgan fingerprint density at radius 3 is 0.503 bits per heavy atom. The van der Waals surface area contributed by atoms with E-state index in [2.05, 4.69) is 555 Å². The maximum atomic E-state index is 6.17. The Morgan fingerprint density at radius 2 is 0.322 bits per heavy atom. The lowest BCUT2D eigenvalue weighted by atomic mass is 9.87. The number of rotatable bonds is 24. The smallest absolute Gasteiger partial charge is 0.166 e. The number of benzene rings is 18. The van der Waals surface area contributed by atoms with E-state index in [9.17, 15) is 0 Å². The summed E-state index contributed by atoms with van der Waals surface area (Å²) in [6.07, 6.45) is 0. The van der Waals surface area contributed by atoms with Gasteiger partial charge in [-0.25, -0.2) is 0 Å². The van der Waals surface area contributed by atoms with Crippen LogP contribution in [0.25, 0.3) is 0 Å². The lowest BCUT2D eigenvalue weighted by Crippen LogP contribution is -2.13. The van der Waals surface area contributed by atoms with E-state index in [0.29, 0.717) is 5.92 Å². The van der Waals surface area contributed by atoms with E-state index in [4.69, 9.17) is 14.2 Å². The largest absolute Gasteiger partial charge is 0.457 e. The van der Waals surface area contributed by atoms with Gasteiger partial charge in [0, 0.05) is 9.79 Å². The van der Waals surface area contributed by atoms with Gasteiger partial charge in [0.05, 0.1) is 54.5 Å². The molecular formula is C134H139O3S6+5. The van der Waals surface area contributed by atoms with Gasteiger partial charge in [0.2, 0.25) is 0 Å². The Balaban J connectivity index is 0.000000151. The third-order valence-electron chi connectivity index (χ3n) is 24.2. The number of para-hydroxylation sites is 1. The van der Waals surface area contributed by atoms with Crippen LogP contribution < -0.4 is 14.2 Å². The normalized spacial score (nSPS) is 11.8. The van der Waals surface area contributed by atoms with Crippen molar-refractivity contribution in [1.29, 1.82) is 0 Å². The van der Waals surface area contributed by atoms with Crippen molar-refractivity contribution in [2.75, 3.05) is 0 Å². The predicted octanol–water partition coefficient (Wildman–Crippen LogP) is 38.7. The molecule has 0 aliphatic carbocycles. The predicted molar refractivity (Wildman–Crippen MR) is 615 cm³/mol. The Bertz CT molecular complexity index is 6550. The van der Waals surface area contributed by atoms with Gasteiger partial charge in [-0.3, -0.25) is 0 Å². The minimum absolute atomic E-state index is 0.123. The van der Waals surface area contributed by atoms with Crippen molar-refractivity contribution in [3.8, 4) is 34.5 Å². The van der Waals surface area contributed by atoms with Crippen LogP contribution in [0.5, 0.6) is 34.5 Å². The SMILES string of the molecule is CC.CC(C)(C)c1ccc([S+](c2ccc(Oc3ccccc3)cc2)c2ccc(C(C)(C)C)cc2)cc1.CC(C)c1ccc(Oc2ccc([S+](c3ccc(C(C)(C)C)cc3)c3ccc(C(C)(C)C)cc3)cc2)cc1.Cc1ccc(Oc2ccc([S+](c3ccccc3)c3ccc(C(C)(C)C)cc3)cc2)cc1.c1ccc([S+](c2ccccc2)c2ccc(Sc3ccc([S+](c4ccccc4)c4ccccc4)cc3)cc2)cc1. The van der Waals surface area contributed by atoms with Crippen molar-refractivity contribution in [1.82, 2.24) is 0 Å². The lowest BCUT2D eigenvalue weighted by molar-refractivity contribution is 0.481. The van der Waals surface area contributed by atoms with Gasteiger partial charge in [-0.2, -0.15) is 0 Å². The zero-order valence-corrected chi connectivity index (χ0v) is 91.7. The summed E-state index contributed by atoms with van der Waals surface area (Å²) in [6, 6.07) is 170. The molecule has 0 radical (unpaired) electrons. The quantitative estimate of drug-likeness (QED) is 0.0564. The minimum atomic E-state index is -0.203. The molecule has 0 N–H and O–H groups in total. The van der Waals surface area contributed by atoms with E-state index in [-0.39, 0.29) is 81.5 Å². The van der Waals surface area contributed by atoms with Crippen LogP contribution in [-0.4, -0.2) is 0 Å². The second kappa shape index (κ2) is 49.6. The van der Waals surface area contributed by atoms with Gasteiger partial charge >= 0.3 is 0 Å². The summed E-state index contributed by atoms with van der Waals surface area (Å²) in [5, 5.41) is 0. The first kappa shape index (κ1) is 106. The summed E-state index contributed by atoms with van der Waals surface area (Å²) < 4.78 is 18.2. The molecular weight excluding hydrogens is 1850 g/mol. The molecule has 0 saturated heterocycles. The standard InChI is InChI=1S/C36H28S3.C35H41OS.C32H35OS.C29H29OS.C2H6/c1-5-13-31(14-6-1)38(32-15-7-2-8-16-32)35-25-21-29(22-26-35)37-30-23-27-36(28-24-30)39(33-17-9-3-10-18-33)34-19-11-4-12-20-34;1-25(2)26-9-15-29(16-10-26)36-30-17-23-33(24-18-30)37(31-19-11-27(12-20-31)34(3,4)5)32-21-13-28(14-22-32)35(6,7)8;1-31(2,3)24-12-18-28(19-13-24)34(29-20-14-25(15-21-29)32(4,5)6)30-22-16-27(17-23-30)33-26-10-8-7-9-11-26;1-22-10-14-24(15-11-22)30-25-16-20-28(21-17-25)31(26-8-6-5-7-9-26)27-18-12-23(13-19-27)29(2,3)4;1-2/h1-28H;9-25H,1-8H3;7-23H,1-6H3;5-21H,1-4H3;1-2H3/q+2;3*+1;. The zero-order chi connectivity index (χ0) is 101. The molecule has 1 unspecified atom stereocenters. The van der Waals surface area contributed by atoms with Crippen molar-refractivity contribution < 1.29 is 14.2 Å². The Labute approximate surface area is 874 Å². The molecule has 143 heavy (non-hydrogen) atoms. The number of aryl methyl sites for hydroxylation is 1. The molecule has 1 atom stereocenters. The van der Waals surface area contributed by atoms with Crippen molar-refractivity contribution in [2.45, 2.75) is 255 Å². The van der Waals surface area contributed by atoms with Crippen molar-refractivity contribution >= 4 is 66.2 Å². The maximum Gasteiger partial charge on any atom is 0.166 e. The van der Waals surface area contributed by atoms with Gasteiger partial charge < -0.3 is 14.2 Å². The van der Waals surface area contributed by atoms with Crippen LogP contribution in [0.1, 0.15) is 176 Å². The van der Waals surface area contributed by atoms with Crippen LogP contribution in [0.15, 0.2) is 556 Å². The molecule has 0 aromatic heterocycles. The molecule has 9 heteroatoms. The zero-order valence-electron chi connectivity index (χ0n) is 86.8. The fourth-order valence-corrected chi connectivity index (χ4v) is 27.2. The summed E-state index contributed by atoms with van der Waals surface area (Å²) in [4.78, 5) is 22.3. The van der Waals surface area contributed by atoms with E-state index in [1.807, 2.05) is 68.1 Å². The van der Waals surface area contributed by atoms with Crippen LogP contribution in [-0.2, 0) is 81.5 Å². The maximum absolute atomic E-state index is 6.17. The fourth-order valence-electron chi connectivity index (χ4n) is 16.1. The molecule has 0 saturated carbocycles. The highest BCUT2D eigenvalue weighted by Crippen LogP contribution is 2.43. The molecule has 0 spiro atoms. The molecule has 0 fully saturated rings. The minimum Gasteiger partial charge on any atom is -0.457 e. The van der Waals surface area contributed by atoms with Crippen molar-refractivity contribution in [2.24, 2.45) is 0 Å². The van der Waals surface area contributed by atoms with Gasteiger partial charge in [-0.05, 0) is 352 Å². The Morgan fingerprint density at radius 1 is 0.175 bits per heavy atom. The molecule has 0 bridgehead atoms. The monoisotopic (exact) mass is 1990 g/mol. The van der Waals surface area contributed by atoms with Gasteiger partial charge in [-0.1, -0.05) is 343 Å². The highest BCUT2D eigenvalue weighted by atomic mass is 32.2. The number of ether oxygens (including phenoxy) is 3. The Hall–Kier alpha value is -12.5. The third kappa shape index (κ3) is 29.8. The number of hydrogen-bond acceptors (Lipinski definition) is 4. The van der Waals surface area contributed by atoms with E-state index >= 15 is 0 Å². The molecule has 18 aromatic carbocycles. The third-order valence-corrected chi connectivity index (χ3v) is 36.4. The van der Waals surface area contributed by atoms with Gasteiger partial charge in [0.25, 0.3) is 0 Å². The van der Waals surface area contributed by atoms with E-state index in [1.54, 1.807) is 0 Å². The summed E-state index contributed by atoms with van der Waals surface area (Å²) >= 11 is 1.82. The summed E-state index contributed by atoms with van der Waals surface area (Å²) in [5.74, 6) is 5.66. The van der Waals surface area contributed by atoms with Crippen LogP contribution >= 0.6 is 11.8 Å². The highest BCUT2D eigenvalue weighted by molar-refractivity contribution is 7.99. The number of hydrogen-bond donors (Lipinski definition) is 0. The molecule has 724 valence electrons. The van der Waals surface area contributed by atoms with Crippen molar-refractivity contribution in [3.63, 3.8) is 0 Å². The Kier molecular flexibility index (Phi) is 36.9. The summed E-state index contributed by atoms with van der Waals surface area (Å²) in [7, 11) is -0.807. The molecule has 0 aliphatic rings. The van der Waals surface area contributed by atoms with Gasteiger partial charge in [0.1, 0.15) is 34.5 Å². The van der Waals surface area contributed by atoms with Crippen molar-refractivity contribution in [3.05, 3.63) is 512 Å². The summed E-state index contributed by atoms with van der Waals surface area (Å²) in [5.41, 5.74) is 10.0. The molecule has 3 nitrogen and oxygen atoms in total. The van der Waals surface area contributed by atoms with Crippen LogP contribution in [0.3, 0.4) is 0 Å². The van der Waals surface area contributed by atoms with E-state index in [0.717, 1.165) is 34.5 Å². The van der Waals surface area contributed by atoms with Crippen LogP contribution in [0.4, 0.5) is 0 Å². The highest BCUT2D eigenvalue weighted by Gasteiger charge is 2.36. The van der Waals surface area contributed by atoms with E-state index < -0.39 is 0 Å². The first-order valence-corrected chi connectivity index (χ1v) is 56.6.